The molecule has 0 aromatic rings. The summed E-state index contributed by atoms with van der Waals surface area (Å²) in [6.45, 7) is 10.2. The molecule has 3 rings (SSSR count). The van der Waals surface area contributed by atoms with Crippen LogP contribution in [0.25, 0.3) is 0 Å². The molecule has 3 heterocycles. The van der Waals surface area contributed by atoms with Crippen LogP contribution in [0.1, 0.15) is 19.8 Å². The van der Waals surface area contributed by atoms with Gasteiger partial charge in [0, 0.05) is 19.6 Å². The van der Waals surface area contributed by atoms with Gasteiger partial charge in [-0.2, -0.15) is 0 Å². The van der Waals surface area contributed by atoms with Crippen molar-refractivity contribution in [3.63, 3.8) is 0 Å². The van der Waals surface area contributed by atoms with Crippen LogP contribution >= 0.6 is 0 Å². The third kappa shape index (κ3) is 2.59. The van der Waals surface area contributed by atoms with Gasteiger partial charge in [-0.3, -0.25) is 9.38 Å². The van der Waals surface area contributed by atoms with E-state index in [0.29, 0.717) is 0 Å². The zero-order valence-corrected chi connectivity index (χ0v) is 10.7. The van der Waals surface area contributed by atoms with E-state index >= 15 is 0 Å². The average Bonchev–Trinajstić information content (AvgIpc) is 2.21. The fourth-order valence-corrected chi connectivity index (χ4v) is 2.38. The second kappa shape index (κ2) is 5.29. The van der Waals surface area contributed by atoms with Crippen molar-refractivity contribution in [2.75, 3.05) is 39.3 Å². The molecule has 0 unspecified atom stereocenters. The van der Waals surface area contributed by atoms with Crippen molar-refractivity contribution < 1.29 is 21.5 Å². The van der Waals surface area contributed by atoms with Gasteiger partial charge in [0.15, 0.2) is 0 Å². The summed E-state index contributed by atoms with van der Waals surface area (Å²) < 4.78 is 1.27. The predicted molar refractivity (Wildman–Crippen MR) is 55.3 cm³/mol. The second-order valence-electron chi connectivity index (χ2n) is 4.40. The summed E-state index contributed by atoms with van der Waals surface area (Å²) in [5.74, 6) is 0. The number of allylic oxidation sites excluding steroid dienone is 1. The SMILES string of the molecule is CCCC=C[N+]12CCN(CC1)CC2.[Br-]. The maximum atomic E-state index is 2.59. The smallest absolute Gasteiger partial charge is 0.0958 e. The summed E-state index contributed by atoms with van der Waals surface area (Å²) in [7, 11) is 0. The molecule has 2 nitrogen and oxygen atoms in total. The van der Waals surface area contributed by atoms with Gasteiger partial charge < -0.3 is 17.0 Å². The molecule has 82 valence electrons. The van der Waals surface area contributed by atoms with Crippen molar-refractivity contribution in [2.24, 2.45) is 0 Å². The molecule has 0 aromatic carbocycles. The van der Waals surface area contributed by atoms with Crippen LogP contribution in [0.5, 0.6) is 0 Å². The van der Waals surface area contributed by atoms with E-state index in [1.165, 1.54) is 56.6 Å². The zero-order valence-electron chi connectivity index (χ0n) is 9.08. The van der Waals surface area contributed by atoms with Crippen LogP contribution in [-0.4, -0.2) is 48.7 Å². The third-order valence-electron chi connectivity index (χ3n) is 3.46. The monoisotopic (exact) mass is 260 g/mol. The lowest BCUT2D eigenvalue weighted by Crippen LogP contribution is -3.00. The minimum atomic E-state index is 0. The molecule has 3 fully saturated rings. The number of rotatable bonds is 3. The molecule has 0 atom stereocenters. The van der Waals surface area contributed by atoms with Crippen molar-refractivity contribution in [1.29, 1.82) is 0 Å². The Balaban J connectivity index is 0.000000980. The summed E-state index contributed by atoms with van der Waals surface area (Å²) in [4.78, 5) is 2.59. The van der Waals surface area contributed by atoms with Crippen LogP contribution in [0.2, 0.25) is 0 Å². The molecule has 2 bridgehead atoms. The van der Waals surface area contributed by atoms with Crippen LogP contribution in [0.15, 0.2) is 12.3 Å². The summed E-state index contributed by atoms with van der Waals surface area (Å²) in [5.41, 5.74) is 0. The Morgan fingerprint density at radius 3 is 2.21 bits per heavy atom. The highest BCUT2D eigenvalue weighted by atomic mass is 79.9. The maximum Gasteiger partial charge on any atom is 0.0958 e. The Morgan fingerprint density at radius 2 is 1.71 bits per heavy atom. The molecule has 3 aliphatic rings. The second-order valence-corrected chi connectivity index (χ2v) is 4.40. The van der Waals surface area contributed by atoms with Gasteiger partial charge in [0.2, 0.25) is 0 Å². The first kappa shape index (κ1) is 12.2. The van der Waals surface area contributed by atoms with Crippen LogP contribution in [0.4, 0.5) is 0 Å². The zero-order chi connectivity index (χ0) is 9.15. The van der Waals surface area contributed by atoms with Gasteiger partial charge in [-0.15, -0.1) is 0 Å². The van der Waals surface area contributed by atoms with Crippen molar-refractivity contribution in [2.45, 2.75) is 19.8 Å². The van der Waals surface area contributed by atoms with Gasteiger partial charge in [-0.1, -0.05) is 13.3 Å². The topological polar surface area (TPSA) is 3.24 Å². The number of hydrogen-bond acceptors (Lipinski definition) is 1. The number of unbranched alkanes of at least 4 members (excludes halogenated alkanes) is 1. The predicted octanol–water partition coefficient (Wildman–Crippen LogP) is -1.55. The Kier molecular flexibility index (Phi) is 4.61. The molecule has 0 aromatic heterocycles. The lowest BCUT2D eigenvalue weighted by molar-refractivity contribution is -0.894. The minimum Gasteiger partial charge on any atom is -1.00 e. The van der Waals surface area contributed by atoms with Gasteiger partial charge in [0.25, 0.3) is 0 Å². The van der Waals surface area contributed by atoms with E-state index < -0.39 is 0 Å². The van der Waals surface area contributed by atoms with Gasteiger partial charge in [-0.25, -0.2) is 0 Å². The van der Waals surface area contributed by atoms with Crippen molar-refractivity contribution >= 4 is 0 Å². The number of quaternary nitrogens is 1. The van der Waals surface area contributed by atoms with Gasteiger partial charge in [0.05, 0.1) is 25.8 Å². The first-order valence-electron chi connectivity index (χ1n) is 5.60. The summed E-state index contributed by atoms with van der Waals surface area (Å²) >= 11 is 0. The van der Waals surface area contributed by atoms with E-state index in [9.17, 15) is 0 Å². The highest BCUT2D eigenvalue weighted by Gasteiger charge is 2.36. The molecule has 0 saturated carbocycles. The molecule has 0 N–H and O–H groups in total. The van der Waals surface area contributed by atoms with E-state index in [-0.39, 0.29) is 17.0 Å². The van der Waals surface area contributed by atoms with E-state index in [2.05, 4.69) is 24.1 Å². The Hall–Kier alpha value is 0.140. The van der Waals surface area contributed by atoms with Crippen molar-refractivity contribution in [3.05, 3.63) is 12.3 Å². The quantitative estimate of drug-likeness (QED) is 0.556. The Bertz CT molecular complexity index is 182. The van der Waals surface area contributed by atoms with E-state index in [1.807, 2.05) is 0 Å². The number of hydrogen-bond donors (Lipinski definition) is 0. The Morgan fingerprint density at radius 1 is 1.14 bits per heavy atom. The standard InChI is InChI=1S/C11H21N2.BrH/c1-2-3-4-8-13-9-5-12(6-10-13)7-11-13;/h4,8H,2-3,5-7,9-11H2,1H3;1H/q+1;/p-1. The molecule has 3 saturated heterocycles. The number of halogens is 1. The normalized spacial score (nSPS) is 35.9. The van der Waals surface area contributed by atoms with Crippen LogP contribution in [-0.2, 0) is 0 Å². The lowest BCUT2D eigenvalue weighted by atomic mass is 10.1. The van der Waals surface area contributed by atoms with Crippen LogP contribution < -0.4 is 17.0 Å². The average molecular weight is 261 g/mol. The molecule has 0 radical (unpaired) electrons. The highest BCUT2D eigenvalue weighted by molar-refractivity contribution is 4.80. The van der Waals surface area contributed by atoms with E-state index in [4.69, 9.17) is 0 Å². The van der Waals surface area contributed by atoms with Crippen LogP contribution in [0, 0.1) is 0 Å². The number of piperazine rings is 3. The van der Waals surface area contributed by atoms with Crippen molar-refractivity contribution in [3.8, 4) is 0 Å². The first-order valence-corrected chi connectivity index (χ1v) is 5.60. The molecule has 0 spiro atoms. The van der Waals surface area contributed by atoms with Gasteiger partial charge in [-0.05, 0) is 12.5 Å². The largest absolute Gasteiger partial charge is 1.00 e. The lowest BCUT2D eigenvalue weighted by Gasteiger charge is -2.48. The fourth-order valence-electron chi connectivity index (χ4n) is 2.38. The molecule has 0 amide bonds. The molecule has 3 aliphatic heterocycles. The minimum absolute atomic E-state index is 0. The summed E-state index contributed by atoms with van der Waals surface area (Å²) in [5, 5.41) is 0. The number of nitrogens with zero attached hydrogens (tertiary/aromatic N) is 2. The molecule has 3 heteroatoms. The Labute approximate surface area is 97.9 Å². The van der Waals surface area contributed by atoms with Gasteiger partial charge >= 0.3 is 0 Å². The molecule has 14 heavy (non-hydrogen) atoms. The number of fused-ring (bicyclic) bond motifs is 3. The molecular weight excluding hydrogens is 240 g/mol. The summed E-state index contributed by atoms with van der Waals surface area (Å²) in [6, 6.07) is 0. The molecular formula is C11H21BrN2. The van der Waals surface area contributed by atoms with Gasteiger partial charge in [0.1, 0.15) is 0 Å². The van der Waals surface area contributed by atoms with E-state index in [0.717, 1.165) is 0 Å². The van der Waals surface area contributed by atoms with E-state index in [1.54, 1.807) is 0 Å². The fraction of sp³-hybridized carbons (Fsp3) is 0.818. The molecule has 0 aliphatic carbocycles. The van der Waals surface area contributed by atoms with Crippen molar-refractivity contribution in [1.82, 2.24) is 4.90 Å². The van der Waals surface area contributed by atoms with Crippen LogP contribution in [0.3, 0.4) is 0 Å². The summed E-state index contributed by atoms with van der Waals surface area (Å²) in [6.07, 6.45) is 7.40. The third-order valence-corrected chi connectivity index (χ3v) is 3.46. The maximum absolute atomic E-state index is 2.59. The first-order chi connectivity index (χ1) is 6.35. The highest BCUT2D eigenvalue weighted by Crippen LogP contribution is 2.20.